The van der Waals surface area contributed by atoms with Gasteiger partial charge in [-0.3, -0.25) is 10.1 Å². The molecule has 5 aliphatic carbocycles. The van der Waals surface area contributed by atoms with Gasteiger partial charge < -0.3 is 14.8 Å². The van der Waals surface area contributed by atoms with Crippen LogP contribution in [0.15, 0.2) is 24.3 Å². The van der Waals surface area contributed by atoms with Gasteiger partial charge in [0.05, 0.1) is 4.92 Å². The number of nitro benzene ring substituents is 1. The number of nitro groups is 1. The molecule has 1 aliphatic heterocycles. The summed E-state index contributed by atoms with van der Waals surface area (Å²) >= 11 is 0. The average Bonchev–Trinajstić information content (AvgIpc) is 3.14. The van der Waals surface area contributed by atoms with E-state index in [2.05, 4.69) is 5.32 Å². The Morgan fingerprint density at radius 2 is 1.62 bits per heavy atom. The van der Waals surface area contributed by atoms with Crippen molar-refractivity contribution in [2.75, 3.05) is 0 Å². The van der Waals surface area contributed by atoms with E-state index in [4.69, 9.17) is 19.2 Å². The number of nitrogens with zero attached hydrogens (tertiary/aromatic N) is 1. The molecule has 1 saturated heterocycles. The van der Waals surface area contributed by atoms with Crippen LogP contribution in [0.1, 0.15) is 57.8 Å². The zero-order valence-corrected chi connectivity index (χ0v) is 17.9. The summed E-state index contributed by atoms with van der Waals surface area (Å²) in [6.45, 7) is 0. The number of rotatable bonds is 3. The fourth-order valence-corrected chi connectivity index (χ4v) is 6.94. The van der Waals surface area contributed by atoms with Crippen molar-refractivity contribution in [3.63, 3.8) is 0 Å². The largest absolute Gasteiger partial charge is 0.412 e. The van der Waals surface area contributed by atoms with E-state index in [1.807, 2.05) is 0 Å². The van der Waals surface area contributed by atoms with Crippen molar-refractivity contribution in [2.24, 2.45) is 23.7 Å². The highest BCUT2D eigenvalue weighted by Gasteiger charge is 2.66. The van der Waals surface area contributed by atoms with Crippen LogP contribution < -0.4 is 10.1 Å². The lowest BCUT2D eigenvalue weighted by Gasteiger charge is -2.57. The summed E-state index contributed by atoms with van der Waals surface area (Å²) < 4.78 is 12.0. The third-order valence-corrected chi connectivity index (χ3v) is 8.27. The average molecular weight is 444 g/mol. The van der Waals surface area contributed by atoms with Crippen LogP contribution >= 0.6 is 0 Å². The van der Waals surface area contributed by atoms with Crippen molar-refractivity contribution in [1.82, 2.24) is 5.32 Å². The molecule has 172 valence electrons. The SMILES string of the molecule is O=C(NC1CCC2(CC1)OOC1(O2)C2CC3CC(C2)CC1C3)Oc1ccc([N+](=O)[O-])cc1. The highest BCUT2D eigenvalue weighted by Crippen LogP contribution is 2.63. The Labute approximate surface area is 185 Å². The maximum atomic E-state index is 12.3. The summed E-state index contributed by atoms with van der Waals surface area (Å²) in [5.74, 6) is 1.51. The van der Waals surface area contributed by atoms with Crippen LogP contribution in [0.5, 0.6) is 5.75 Å². The van der Waals surface area contributed by atoms with Gasteiger partial charge in [0.25, 0.3) is 5.69 Å². The molecule has 7 rings (SSSR count). The van der Waals surface area contributed by atoms with Crippen molar-refractivity contribution in [3.05, 3.63) is 34.4 Å². The minimum Gasteiger partial charge on any atom is -0.410 e. The first kappa shape index (κ1) is 20.4. The van der Waals surface area contributed by atoms with Gasteiger partial charge in [-0.2, -0.15) is 9.78 Å². The van der Waals surface area contributed by atoms with Crippen LogP contribution in [0.2, 0.25) is 0 Å². The molecule has 0 radical (unpaired) electrons. The maximum absolute atomic E-state index is 12.3. The Hall–Kier alpha value is -2.23. The summed E-state index contributed by atoms with van der Waals surface area (Å²) in [6.07, 6.45) is 8.27. The van der Waals surface area contributed by atoms with Crippen LogP contribution in [0.4, 0.5) is 10.5 Å². The molecule has 2 spiro atoms. The topological polar surface area (TPSA) is 109 Å². The van der Waals surface area contributed by atoms with E-state index >= 15 is 0 Å². The molecule has 9 nitrogen and oxygen atoms in total. The predicted octanol–water partition coefficient (Wildman–Crippen LogP) is 4.45. The summed E-state index contributed by atoms with van der Waals surface area (Å²) in [6, 6.07) is 5.39. The predicted molar refractivity (Wildman–Crippen MR) is 110 cm³/mol. The van der Waals surface area contributed by atoms with Gasteiger partial charge in [-0.05, 0) is 68.9 Å². The van der Waals surface area contributed by atoms with E-state index in [1.54, 1.807) is 0 Å². The van der Waals surface area contributed by atoms with Crippen LogP contribution in [-0.2, 0) is 14.5 Å². The molecule has 0 atom stereocenters. The molecule has 1 aromatic carbocycles. The van der Waals surface area contributed by atoms with Gasteiger partial charge in [0.15, 0.2) is 0 Å². The lowest BCUT2D eigenvalue weighted by atomic mass is 9.53. The number of non-ortho nitro benzene ring substituents is 1. The van der Waals surface area contributed by atoms with Gasteiger partial charge in [-0.15, -0.1) is 0 Å². The van der Waals surface area contributed by atoms with E-state index in [0.29, 0.717) is 37.5 Å². The number of nitrogens with one attached hydrogen (secondary N) is 1. The van der Waals surface area contributed by atoms with Crippen molar-refractivity contribution in [2.45, 2.75) is 75.4 Å². The van der Waals surface area contributed by atoms with Crippen LogP contribution in [-0.4, -0.2) is 28.6 Å². The zero-order chi connectivity index (χ0) is 21.9. The Kier molecular flexibility index (Phi) is 4.71. The number of hydrogen-bond donors (Lipinski definition) is 1. The molecule has 1 aromatic rings. The van der Waals surface area contributed by atoms with Gasteiger partial charge in [-0.25, -0.2) is 4.79 Å². The number of carbonyl (C=O) groups is 1. The number of benzene rings is 1. The van der Waals surface area contributed by atoms with Crippen LogP contribution in [0, 0.1) is 33.8 Å². The monoisotopic (exact) mass is 444 g/mol. The molecule has 6 fully saturated rings. The zero-order valence-electron chi connectivity index (χ0n) is 17.9. The van der Waals surface area contributed by atoms with Gasteiger partial charge in [0.1, 0.15) is 5.75 Å². The van der Waals surface area contributed by atoms with Crippen molar-refractivity contribution in [3.8, 4) is 5.75 Å². The van der Waals surface area contributed by atoms with Crippen molar-refractivity contribution in [1.29, 1.82) is 0 Å². The fourth-order valence-electron chi connectivity index (χ4n) is 6.94. The number of amides is 1. The molecule has 9 heteroatoms. The first-order chi connectivity index (χ1) is 15.4. The summed E-state index contributed by atoms with van der Waals surface area (Å²) in [4.78, 5) is 34.5. The van der Waals surface area contributed by atoms with Gasteiger partial charge in [0, 0.05) is 42.9 Å². The van der Waals surface area contributed by atoms with E-state index in [0.717, 1.165) is 11.8 Å². The summed E-state index contributed by atoms with van der Waals surface area (Å²) in [5.41, 5.74) is -0.0500. The van der Waals surface area contributed by atoms with E-state index in [9.17, 15) is 14.9 Å². The Balaban J connectivity index is 1.03. The number of carbonyl (C=O) groups excluding carboxylic acids is 1. The molecular weight excluding hydrogens is 416 g/mol. The van der Waals surface area contributed by atoms with Crippen LogP contribution in [0.25, 0.3) is 0 Å². The molecule has 1 N–H and O–H groups in total. The van der Waals surface area contributed by atoms with Gasteiger partial charge in [-0.1, -0.05) is 0 Å². The summed E-state index contributed by atoms with van der Waals surface area (Å²) in [5, 5.41) is 13.6. The molecule has 4 bridgehead atoms. The lowest BCUT2D eigenvalue weighted by Crippen LogP contribution is -2.59. The minimum atomic E-state index is -0.712. The normalized spacial score (nSPS) is 41.8. The smallest absolute Gasteiger partial charge is 0.410 e. The third-order valence-electron chi connectivity index (χ3n) is 8.27. The highest BCUT2D eigenvalue weighted by atomic mass is 17.3. The quantitative estimate of drug-likeness (QED) is 0.417. The second-order valence-corrected chi connectivity index (χ2v) is 10.3. The van der Waals surface area contributed by atoms with Crippen molar-refractivity contribution < 1.29 is 29.0 Å². The molecule has 32 heavy (non-hydrogen) atoms. The second kappa shape index (κ2) is 7.40. The Morgan fingerprint density at radius 3 is 2.22 bits per heavy atom. The number of ether oxygens (including phenoxy) is 2. The van der Waals surface area contributed by atoms with Crippen LogP contribution in [0.3, 0.4) is 0 Å². The standard InChI is InChI=1S/C23H28N2O7/c26-21(29-20-3-1-19(2-4-20)25(27)28)24-18-5-7-22(8-6-18)30-23(32-31-22)16-10-14-9-15(12-16)13-17(23)11-14/h1-4,14-18H,5-13H2,(H,24,26). The molecule has 5 saturated carbocycles. The molecule has 0 unspecified atom stereocenters. The lowest BCUT2D eigenvalue weighted by molar-refractivity contribution is -0.390. The highest BCUT2D eigenvalue weighted by molar-refractivity contribution is 5.70. The number of hydrogen-bond acceptors (Lipinski definition) is 7. The Bertz CT molecular complexity index is 881. The van der Waals surface area contributed by atoms with Crippen molar-refractivity contribution >= 4 is 11.8 Å². The van der Waals surface area contributed by atoms with E-state index in [-0.39, 0.29) is 17.5 Å². The maximum Gasteiger partial charge on any atom is 0.412 e. The van der Waals surface area contributed by atoms with E-state index < -0.39 is 22.6 Å². The first-order valence-electron chi connectivity index (χ1n) is 11.7. The van der Waals surface area contributed by atoms with Gasteiger partial charge in [0.2, 0.25) is 11.6 Å². The first-order valence-corrected chi connectivity index (χ1v) is 11.7. The minimum absolute atomic E-state index is 0.0478. The molecule has 0 aromatic heterocycles. The fraction of sp³-hybridized carbons (Fsp3) is 0.696. The molecular formula is C23H28N2O7. The molecule has 1 amide bonds. The summed E-state index contributed by atoms with van der Waals surface area (Å²) in [7, 11) is 0. The molecule has 1 heterocycles. The Morgan fingerprint density at radius 1 is 1.00 bits per heavy atom. The third kappa shape index (κ3) is 3.38. The molecule has 6 aliphatic rings. The van der Waals surface area contributed by atoms with E-state index in [1.165, 1.54) is 56.4 Å². The van der Waals surface area contributed by atoms with Gasteiger partial charge >= 0.3 is 6.09 Å². The second-order valence-electron chi connectivity index (χ2n) is 10.3.